The Morgan fingerprint density at radius 1 is 0.259 bits per heavy atom. The number of ether oxygens (including phenoxy) is 4. The molecule has 0 spiro atoms. The highest BCUT2D eigenvalue weighted by Gasteiger charge is 2.31. The van der Waals surface area contributed by atoms with E-state index in [9.17, 15) is 43.2 Å². The van der Waals surface area contributed by atoms with Crippen molar-refractivity contribution in [1.82, 2.24) is 0 Å². The summed E-state index contributed by atoms with van der Waals surface area (Å²) >= 11 is 0. The third kappa shape index (κ3) is 83.1. The van der Waals surface area contributed by atoms with Crippen molar-refractivity contribution in [2.45, 2.75) is 516 Å². The standard InChI is InChI=1S/C93H182O17P2/c1-8-11-12-13-14-15-16-17-18-19-20-21-22-26-32-37-42-47-52-60-67-74-90(95)103-80-88(109-92(97)76-69-62-53-48-43-38-33-27-24-23-25-31-36-41-46-51-58-65-72-85(6)9-2)82-107-111(99,100)105-78-87(94)79-106-112(101,102)108-83-89(81-104-91(96)75-68-61-56-55-59-66-73-86(7)10-3)110-93(98)77-70-63-54-49-44-39-34-29-28-30-35-40-45-50-57-64-71-84(4)5/h84-89,94H,8-83H2,1-7H3,(H,99,100)(H,101,102)/t85?,86?,87-,88-,89-/m1/s1. The van der Waals surface area contributed by atoms with Crippen LogP contribution in [0.3, 0.4) is 0 Å². The molecule has 666 valence electrons. The molecule has 0 saturated heterocycles. The number of hydrogen-bond donors (Lipinski definition) is 3. The predicted molar refractivity (Wildman–Crippen MR) is 465 cm³/mol. The molecule has 19 heteroatoms. The van der Waals surface area contributed by atoms with E-state index in [-0.39, 0.29) is 25.7 Å². The summed E-state index contributed by atoms with van der Waals surface area (Å²) in [5, 5.41) is 10.7. The van der Waals surface area contributed by atoms with E-state index in [1.807, 2.05) is 0 Å². The number of hydrogen-bond acceptors (Lipinski definition) is 15. The Bertz CT molecular complexity index is 2150. The van der Waals surface area contributed by atoms with Gasteiger partial charge in [0.15, 0.2) is 12.2 Å². The van der Waals surface area contributed by atoms with Gasteiger partial charge in [-0.3, -0.25) is 37.3 Å². The summed E-state index contributed by atoms with van der Waals surface area (Å²) in [4.78, 5) is 73.4. The zero-order valence-corrected chi connectivity index (χ0v) is 75.9. The number of esters is 4. The van der Waals surface area contributed by atoms with Crippen molar-refractivity contribution in [1.29, 1.82) is 0 Å². The first-order valence-corrected chi connectivity index (χ1v) is 50.9. The van der Waals surface area contributed by atoms with Crippen molar-refractivity contribution < 1.29 is 80.2 Å². The van der Waals surface area contributed by atoms with E-state index in [2.05, 4.69) is 48.5 Å². The van der Waals surface area contributed by atoms with E-state index in [0.717, 1.165) is 114 Å². The summed E-state index contributed by atoms with van der Waals surface area (Å²) in [5.74, 6) is 0.312. The molecular weight excluding hydrogens is 1450 g/mol. The molecule has 17 nitrogen and oxygen atoms in total. The molecule has 3 N–H and O–H groups in total. The van der Waals surface area contributed by atoms with E-state index in [1.54, 1.807) is 0 Å². The summed E-state index contributed by atoms with van der Waals surface area (Å²) in [5.41, 5.74) is 0. The molecule has 0 fully saturated rings. The maximum atomic E-state index is 13.2. The maximum Gasteiger partial charge on any atom is 0.472 e. The van der Waals surface area contributed by atoms with Crippen molar-refractivity contribution in [2.75, 3.05) is 39.6 Å². The minimum atomic E-state index is -4.97. The molecule has 0 rings (SSSR count). The average Bonchev–Trinajstić information content (AvgIpc) is 0.900. The molecule has 0 aromatic heterocycles. The molecule has 0 bridgehead atoms. The van der Waals surface area contributed by atoms with E-state index in [4.69, 9.17) is 37.0 Å². The Morgan fingerprint density at radius 3 is 0.679 bits per heavy atom. The Kier molecular flexibility index (Phi) is 81.3. The van der Waals surface area contributed by atoms with Gasteiger partial charge in [-0.1, -0.05) is 447 Å². The van der Waals surface area contributed by atoms with Gasteiger partial charge >= 0.3 is 39.5 Å². The highest BCUT2D eigenvalue weighted by molar-refractivity contribution is 7.47. The molecule has 0 amide bonds. The molecule has 4 unspecified atom stereocenters. The third-order valence-corrected chi connectivity index (χ3v) is 24.5. The molecule has 7 atom stereocenters. The predicted octanol–water partition coefficient (Wildman–Crippen LogP) is 28.8. The molecule has 0 saturated carbocycles. The second-order valence-electron chi connectivity index (χ2n) is 34.4. The molecule has 0 aliphatic rings. The number of unbranched alkanes of at least 4 members (excludes halogenated alkanes) is 57. The van der Waals surface area contributed by atoms with Crippen molar-refractivity contribution >= 4 is 39.5 Å². The monoisotopic (exact) mass is 1630 g/mol. The van der Waals surface area contributed by atoms with Crippen LogP contribution in [0.25, 0.3) is 0 Å². The number of aliphatic hydroxyl groups is 1. The molecular formula is C93H182O17P2. The molecule has 0 aliphatic carbocycles. The normalized spacial score (nSPS) is 14.2. The van der Waals surface area contributed by atoms with Crippen LogP contribution in [0.4, 0.5) is 0 Å². The summed E-state index contributed by atoms with van der Waals surface area (Å²) in [7, 11) is -9.94. The van der Waals surface area contributed by atoms with E-state index >= 15 is 0 Å². The second-order valence-corrected chi connectivity index (χ2v) is 37.3. The van der Waals surface area contributed by atoms with E-state index < -0.39 is 97.5 Å². The Labute approximate surface area is 689 Å². The first-order chi connectivity index (χ1) is 54.3. The number of aliphatic hydroxyl groups excluding tert-OH is 1. The largest absolute Gasteiger partial charge is 0.472 e. The van der Waals surface area contributed by atoms with Crippen LogP contribution < -0.4 is 0 Å². The average molecular weight is 1630 g/mol. The lowest BCUT2D eigenvalue weighted by atomic mass is 9.99. The number of rotatable bonds is 91. The lowest BCUT2D eigenvalue weighted by Crippen LogP contribution is -2.30. The first-order valence-electron chi connectivity index (χ1n) is 47.9. The zero-order chi connectivity index (χ0) is 82.2. The van der Waals surface area contributed by atoms with Gasteiger partial charge in [0.05, 0.1) is 26.4 Å². The van der Waals surface area contributed by atoms with Gasteiger partial charge in [-0.2, -0.15) is 0 Å². The van der Waals surface area contributed by atoms with Crippen LogP contribution in [0.15, 0.2) is 0 Å². The summed E-state index contributed by atoms with van der Waals surface area (Å²) < 4.78 is 69.1. The Hall–Kier alpha value is -1.94. The maximum absolute atomic E-state index is 13.2. The van der Waals surface area contributed by atoms with Crippen molar-refractivity contribution in [3.05, 3.63) is 0 Å². The van der Waals surface area contributed by atoms with Crippen LogP contribution in [-0.2, 0) is 65.4 Å². The topological polar surface area (TPSA) is 237 Å². The second kappa shape index (κ2) is 82.7. The fraction of sp³-hybridized carbons (Fsp3) is 0.957. The summed E-state index contributed by atoms with van der Waals surface area (Å²) in [6, 6.07) is 0. The molecule has 0 heterocycles. The third-order valence-electron chi connectivity index (χ3n) is 22.6. The molecule has 0 aromatic rings. The smallest absolute Gasteiger partial charge is 0.462 e. The minimum Gasteiger partial charge on any atom is -0.462 e. The quantitative estimate of drug-likeness (QED) is 0.0222. The lowest BCUT2D eigenvalue weighted by Gasteiger charge is -2.21. The highest BCUT2D eigenvalue weighted by Crippen LogP contribution is 2.45. The van der Waals surface area contributed by atoms with Gasteiger partial charge in [0.2, 0.25) is 0 Å². The van der Waals surface area contributed by atoms with Gasteiger partial charge in [0, 0.05) is 25.7 Å². The number of carbonyl (C=O) groups excluding carboxylic acids is 4. The summed E-state index contributed by atoms with van der Waals surface area (Å²) in [6.45, 7) is 12.1. The molecule has 0 radical (unpaired) electrons. The molecule has 112 heavy (non-hydrogen) atoms. The van der Waals surface area contributed by atoms with Crippen molar-refractivity contribution in [3.8, 4) is 0 Å². The summed E-state index contributed by atoms with van der Waals surface area (Å²) in [6.07, 6.45) is 76.6. The SMILES string of the molecule is CCCCCCCCCCCCCCCCCCCCCCCC(=O)OC[C@H](COP(=O)(O)OC[C@@H](O)COP(=O)(O)OC[C@@H](COC(=O)CCCCCCCCC(C)CC)OC(=O)CCCCCCCCCCCCCCCCCCC(C)C)OC(=O)CCCCCCCCCCCCCCCCCCCCC(C)CC. The van der Waals surface area contributed by atoms with Gasteiger partial charge in [-0.05, 0) is 43.4 Å². The molecule has 0 aromatic carbocycles. The van der Waals surface area contributed by atoms with Gasteiger partial charge in [-0.25, -0.2) is 9.13 Å². The molecule has 0 aliphatic heterocycles. The van der Waals surface area contributed by atoms with Gasteiger partial charge in [0.1, 0.15) is 19.3 Å². The lowest BCUT2D eigenvalue weighted by molar-refractivity contribution is -0.161. The van der Waals surface area contributed by atoms with Crippen LogP contribution >= 0.6 is 15.6 Å². The van der Waals surface area contributed by atoms with Crippen molar-refractivity contribution in [3.63, 3.8) is 0 Å². The van der Waals surface area contributed by atoms with Crippen LogP contribution in [0, 0.1) is 17.8 Å². The van der Waals surface area contributed by atoms with Gasteiger partial charge in [-0.15, -0.1) is 0 Å². The zero-order valence-electron chi connectivity index (χ0n) is 74.2. The minimum absolute atomic E-state index is 0.107. The fourth-order valence-electron chi connectivity index (χ4n) is 14.5. The van der Waals surface area contributed by atoms with Crippen LogP contribution in [0.2, 0.25) is 0 Å². The van der Waals surface area contributed by atoms with Crippen LogP contribution in [0.5, 0.6) is 0 Å². The van der Waals surface area contributed by atoms with E-state index in [1.165, 1.54) is 302 Å². The Morgan fingerprint density at radius 2 is 0.455 bits per heavy atom. The van der Waals surface area contributed by atoms with Gasteiger partial charge in [0.25, 0.3) is 0 Å². The van der Waals surface area contributed by atoms with Crippen LogP contribution in [-0.4, -0.2) is 96.7 Å². The van der Waals surface area contributed by atoms with E-state index in [0.29, 0.717) is 25.7 Å². The number of carbonyl (C=O) groups is 4. The van der Waals surface area contributed by atoms with Crippen LogP contribution in [0.1, 0.15) is 498 Å². The number of phosphoric ester groups is 2. The van der Waals surface area contributed by atoms with Crippen molar-refractivity contribution in [2.24, 2.45) is 17.8 Å². The first kappa shape index (κ1) is 110. The fourth-order valence-corrected chi connectivity index (χ4v) is 16.1. The Balaban J connectivity index is 5.22. The number of phosphoric acid groups is 2. The van der Waals surface area contributed by atoms with Gasteiger partial charge < -0.3 is 33.8 Å². The highest BCUT2D eigenvalue weighted by atomic mass is 31.2.